The summed E-state index contributed by atoms with van der Waals surface area (Å²) in [5.74, 6) is -1.01. The van der Waals surface area contributed by atoms with Crippen LogP contribution in [0.25, 0.3) is 0 Å². The van der Waals surface area contributed by atoms with Gasteiger partial charge in [-0.05, 0) is 49.6 Å². The number of aromatic nitrogens is 4. The number of amides is 1. The van der Waals surface area contributed by atoms with Crippen LogP contribution in [0.3, 0.4) is 0 Å². The zero-order chi connectivity index (χ0) is 17.8. The lowest BCUT2D eigenvalue weighted by molar-refractivity contribution is -0.117. The highest BCUT2D eigenvalue weighted by Crippen LogP contribution is 2.22. The maximum Gasteiger partial charge on any atom is 0.232 e. The zero-order valence-corrected chi connectivity index (χ0v) is 13.9. The van der Waals surface area contributed by atoms with Gasteiger partial charge in [-0.3, -0.25) is 15.1 Å². The van der Waals surface area contributed by atoms with Crippen LogP contribution in [-0.2, 0) is 11.2 Å². The maximum atomic E-state index is 13.1. The van der Waals surface area contributed by atoms with Crippen LogP contribution in [0.5, 0.6) is 0 Å². The van der Waals surface area contributed by atoms with Gasteiger partial charge < -0.3 is 10.4 Å². The summed E-state index contributed by atoms with van der Waals surface area (Å²) in [5, 5.41) is 17.5. The van der Waals surface area contributed by atoms with E-state index in [1.54, 1.807) is 12.1 Å². The van der Waals surface area contributed by atoms with Gasteiger partial charge in [0.25, 0.3) is 0 Å². The van der Waals surface area contributed by atoms with Crippen LogP contribution >= 0.6 is 0 Å². The van der Waals surface area contributed by atoms with Crippen molar-refractivity contribution in [3.63, 3.8) is 0 Å². The Morgan fingerprint density at radius 1 is 1.20 bits per heavy atom. The molecule has 0 spiro atoms. The molecule has 0 unspecified atom stereocenters. The van der Waals surface area contributed by atoms with Crippen molar-refractivity contribution in [3.05, 3.63) is 70.8 Å². The van der Waals surface area contributed by atoms with Crippen LogP contribution < -0.4 is 10.4 Å². The standard InChI is InChI=1S/C18H18FN5O/c1-11-3-8-16(12(2)9-11)20-18(25)15(17-21-23-24-22-17)10-13-4-6-14(19)7-5-13/h3-9,15H,10H2,1-2H3,(H2,20,21,22,23,24,25)/p-1/t15-/m0/s1. The number of rotatable bonds is 5. The third-order valence-electron chi connectivity index (χ3n) is 3.96. The Kier molecular flexibility index (Phi) is 4.83. The van der Waals surface area contributed by atoms with Gasteiger partial charge in [-0.25, -0.2) is 4.39 Å². The van der Waals surface area contributed by atoms with E-state index in [-0.39, 0.29) is 17.5 Å². The Morgan fingerprint density at radius 3 is 2.60 bits per heavy atom. The van der Waals surface area contributed by atoms with E-state index in [0.29, 0.717) is 6.42 Å². The molecule has 0 aliphatic heterocycles. The number of aryl methyl sites for hydroxylation is 2. The summed E-state index contributed by atoms with van der Waals surface area (Å²) >= 11 is 0. The molecule has 0 aliphatic rings. The topological polar surface area (TPSA) is 81.9 Å². The van der Waals surface area contributed by atoms with Crippen LogP contribution in [0.15, 0.2) is 42.5 Å². The molecule has 6 nitrogen and oxygen atoms in total. The molecule has 0 radical (unpaired) electrons. The van der Waals surface area contributed by atoms with Gasteiger partial charge in [0, 0.05) is 11.5 Å². The molecule has 0 aliphatic carbocycles. The quantitative estimate of drug-likeness (QED) is 0.773. The van der Waals surface area contributed by atoms with Gasteiger partial charge in [-0.2, -0.15) is 5.21 Å². The fourth-order valence-electron chi connectivity index (χ4n) is 2.62. The van der Waals surface area contributed by atoms with Gasteiger partial charge in [0.2, 0.25) is 5.91 Å². The number of benzene rings is 2. The predicted molar refractivity (Wildman–Crippen MR) is 90.5 cm³/mol. The van der Waals surface area contributed by atoms with E-state index in [1.165, 1.54) is 12.1 Å². The van der Waals surface area contributed by atoms with Crippen LogP contribution in [0.2, 0.25) is 0 Å². The Hall–Kier alpha value is -3.09. The largest absolute Gasteiger partial charge is 0.335 e. The van der Waals surface area contributed by atoms with E-state index in [9.17, 15) is 9.18 Å². The first-order chi connectivity index (χ1) is 12.0. The molecule has 1 N–H and O–H groups in total. The Bertz CT molecular complexity index is 862. The fraction of sp³-hybridized carbons (Fsp3) is 0.222. The van der Waals surface area contributed by atoms with Crippen LogP contribution in [0.1, 0.15) is 28.4 Å². The van der Waals surface area contributed by atoms with Crippen molar-refractivity contribution < 1.29 is 9.18 Å². The molecule has 1 atom stereocenters. The third kappa shape index (κ3) is 4.06. The molecule has 0 saturated carbocycles. The van der Waals surface area contributed by atoms with E-state index in [2.05, 4.69) is 25.9 Å². The number of carbonyl (C=O) groups is 1. The first kappa shape index (κ1) is 16.8. The second kappa shape index (κ2) is 7.21. The molecule has 0 fully saturated rings. The molecule has 3 aromatic rings. The van der Waals surface area contributed by atoms with Crippen LogP contribution in [-0.4, -0.2) is 21.4 Å². The lowest BCUT2D eigenvalue weighted by Gasteiger charge is -2.18. The van der Waals surface area contributed by atoms with E-state index in [0.717, 1.165) is 22.4 Å². The summed E-state index contributed by atoms with van der Waals surface area (Å²) in [5.41, 5.74) is 3.61. The molecular formula is C18H17FN5O-. The average Bonchev–Trinajstić information content (AvgIpc) is 3.11. The van der Waals surface area contributed by atoms with Gasteiger partial charge in [0.15, 0.2) is 0 Å². The van der Waals surface area contributed by atoms with Crippen LogP contribution in [0, 0.1) is 19.7 Å². The van der Waals surface area contributed by atoms with Crippen molar-refractivity contribution in [2.24, 2.45) is 0 Å². The summed E-state index contributed by atoms with van der Waals surface area (Å²) in [6, 6.07) is 11.8. The lowest BCUT2D eigenvalue weighted by atomic mass is 9.97. The van der Waals surface area contributed by atoms with Crippen molar-refractivity contribution in [2.75, 3.05) is 5.32 Å². The highest BCUT2D eigenvalue weighted by molar-refractivity contribution is 5.96. The second-order valence-electron chi connectivity index (χ2n) is 5.93. The molecule has 1 heterocycles. The number of hydrogen-bond donors (Lipinski definition) is 1. The normalized spacial score (nSPS) is 12.0. The molecule has 0 bridgehead atoms. The minimum absolute atomic E-state index is 0.242. The SMILES string of the molecule is Cc1ccc(NC(=O)[C@@H](Cc2ccc(F)cc2)c2nnn[n-]2)c(C)c1. The minimum Gasteiger partial charge on any atom is -0.335 e. The van der Waals surface area contributed by atoms with Gasteiger partial charge in [-0.15, -0.1) is 0 Å². The molecule has 2 aromatic carbocycles. The highest BCUT2D eigenvalue weighted by atomic mass is 19.1. The number of anilines is 1. The van der Waals surface area contributed by atoms with Crippen molar-refractivity contribution in [2.45, 2.75) is 26.2 Å². The first-order valence-corrected chi connectivity index (χ1v) is 7.84. The molecule has 25 heavy (non-hydrogen) atoms. The predicted octanol–water partition coefficient (Wildman–Crippen LogP) is 2.55. The number of nitrogens with zero attached hydrogens (tertiary/aromatic N) is 4. The van der Waals surface area contributed by atoms with Gasteiger partial charge in [0.05, 0.1) is 5.92 Å². The number of nitrogens with one attached hydrogen (secondary N) is 1. The summed E-state index contributed by atoms with van der Waals surface area (Å²) in [4.78, 5) is 12.8. The zero-order valence-electron chi connectivity index (χ0n) is 13.9. The fourth-order valence-corrected chi connectivity index (χ4v) is 2.62. The van der Waals surface area contributed by atoms with Gasteiger partial charge in [-0.1, -0.05) is 29.8 Å². The molecule has 7 heteroatoms. The van der Waals surface area contributed by atoms with E-state index in [1.807, 2.05) is 32.0 Å². The summed E-state index contributed by atoms with van der Waals surface area (Å²) < 4.78 is 13.1. The monoisotopic (exact) mass is 338 g/mol. The first-order valence-electron chi connectivity index (χ1n) is 7.84. The van der Waals surface area contributed by atoms with E-state index in [4.69, 9.17) is 0 Å². The maximum absolute atomic E-state index is 13.1. The molecule has 128 valence electrons. The number of hydrogen-bond acceptors (Lipinski definition) is 4. The Labute approximate surface area is 144 Å². The number of halogens is 1. The molecule has 1 amide bonds. The minimum atomic E-state index is -0.666. The molecule has 0 saturated heterocycles. The Balaban J connectivity index is 1.83. The van der Waals surface area contributed by atoms with Gasteiger partial charge in [0.1, 0.15) is 5.82 Å². The highest BCUT2D eigenvalue weighted by Gasteiger charge is 2.21. The summed E-state index contributed by atoms with van der Waals surface area (Å²) in [7, 11) is 0. The lowest BCUT2D eigenvalue weighted by Crippen LogP contribution is -2.25. The van der Waals surface area contributed by atoms with Crippen molar-refractivity contribution in [1.82, 2.24) is 20.6 Å². The number of carbonyl (C=O) groups excluding carboxylic acids is 1. The van der Waals surface area contributed by atoms with Gasteiger partial charge >= 0.3 is 0 Å². The molecule has 1 aromatic heterocycles. The molecular weight excluding hydrogens is 321 g/mol. The van der Waals surface area contributed by atoms with Crippen molar-refractivity contribution in [1.29, 1.82) is 0 Å². The van der Waals surface area contributed by atoms with Crippen molar-refractivity contribution in [3.8, 4) is 0 Å². The smallest absolute Gasteiger partial charge is 0.232 e. The second-order valence-corrected chi connectivity index (χ2v) is 5.93. The third-order valence-corrected chi connectivity index (χ3v) is 3.96. The summed E-state index contributed by atoms with van der Waals surface area (Å²) in [6.45, 7) is 3.92. The average molecular weight is 338 g/mol. The van der Waals surface area contributed by atoms with E-state index < -0.39 is 5.92 Å². The van der Waals surface area contributed by atoms with Crippen LogP contribution in [0.4, 0.5) is 10.1 Å². The summed E-state index contributed by atoms with van der Waals surface area (Å²) in [6.07, 6.45) is 0.324. The Morgan fingerprint density at radius 2 is 1.96 bits per heavy atom. The van der Waals surface area contributed by atoms with E-state index >= 15 is 0 Å². The van der Waals surface area contributed by atoms with Crippen molar-refractivity contribution >= 4 is 11.6 Å². The molecule has 3 rings (SSSR count). The number of tetrazole rings is 1.